The lowest BCUT2D eigenvalue weighted by Gasteiger charge is -2.16. The molecule has 100 valence electrons. The highest BCUT2D eigenvalue weighted by Crippen LogP contribution is 2.14. The van der Waals surface area contributed by atoms with E-state index in [1.165, 1.54) is 19.2 Å². The molecule has 0 radical (unpaired) electrons. The largest absolute Gasteiger partial charge is 0.409 e. The lowest BCUT2D eigenvalue weighted by Crippen LogP contribution is -2.30. The Hall–Kier alpha value is -1.67. The molecule has 0 heterocycles. The van der Waals surface area contributed by atoms with Crippen LogP contribution in [0.15, 0.2) is 34.3 Å². The van der Waals surface area contributed by atoms with Crippen molar-refractivity contribution in [3.8, 4) is 0 Å². The average Bonchev–Trinajstić information content (AvgIpc) is 2.35. The molecule has 0 aliphatic heterocycles. The standard InChI is InChI=1S/C10H14FN3O3S/c1-14(7-6-10(12)13-15)18(16,17)9-4-2-8(11)3-5-9/h2-5,15H,6-7H2,1H3,(H2,12,13). The summed E-state index contributed by atoms with van der Waals surface area (Å²) >= 11 is 0. The Morgan fingerprint density at radius 3 is 2.50 bits per heavy atom. The summed E-state index contributed by atoms with van der Waals surface area (Å²) in [5.41, 5.74) is 5.25. The van der Waals surface area contributed by atoms with Crippen molar-refractivity contribution in [2.45, 2.75) is 11.3 Å². The van der Waals surface area contributed by atoms with Gasteiger partial charge in [0.1, 0.15) is 11.7 Å². The van der Waals surface area contributed by atoms with Crippen LogP contribution in [0.2, 0.25) is 0 Å². The number of halogens is 1. The number of nitrogens with zero attached hydrogens (tertiary/aromatic N) is 2. The molecule has 0 atom stereocenters. The van der Waals surface area contributed by atoms with E-state index in [4.69, 9.17) is 10.9 Å². The molecule has 8 heteroatoms. The Balaban J connectivity index is 2.83. The smallest absolute Gasteiger partial charge is 0.242 e. The first kappa shape index (κ1) is 14.4. The normalized spacial score (nSPS) is 12.9. The number of nitrogens with two attached hydrogens (primary N) is 1. The summed E-state index contributed by atoms with van der Waals surface area (Å²) < 4.78 is 37.8. The van der Waals surface area contributed by atoms with Gasteiger partial charge < -0.3 is 10.9 Å². The highest BCUT2D eigenvalue weighted by atomic mass is 32.2. The summed E-state index contributed by atoms with van der Waals surface area (Å²) in [7, 11) is -2.32. The SMILES string of the molecule is CN(CC/C(N)=N/O)S(=O)(=O)c1ccc(F)cc1. The molecular formula is C10H14FN3O3S. The third kappa shape index (κ3) is 3.41. The molecule has 3 N–H and O–H groups in total. The number of sulfonamides is 1. The topological polar surface area (TPSA) is 96.0 Å². The second kappa shape index (κ2) is 5.78. The molecule has 0 saturated heterocycles. The van der Waals surface area contributed by atoms with E-state index >= 15 is 0 Å². The highest BCUT2D eigenvalue weighted by molar-refractivity contribution is 7.89. The Kier molecular flexibility index (Phi) is 4.62. The minimum atomic E-state index is -3.69. The van der Waals surface area contributed by atoms with Crippen LogP contribution in [0.1, 0.15) is 6.42 Å². The summed E-state index contributed by atoms with van der Waals surface area (Å²) in [6, 6.07) is 4.52. The van der Waals surface area contributed by atoms with Crippen molar-refractivity contribution < 1.29 is 18.0 Å². The predicted molar refractivity (Wildman–Crippen MR) is 64.2 cm³/mol. The first-order valence-electron chi connectivity index (χ1n) is 5.06. The van der Waals surface area contributed by atoms with Gasteiger partial charge in [-0.15, -0.1) is 0 Å². The Morgan fingerprint density at radius 2 is 2.00 bits per heavy atom. The van der Waals surface area contributed by atoms with Gasteiger partial charge in [-0.05, 0) is 24.3 Å². The Bertz CT molecular complexity index is 528. The van der Waals surface area contributed by atoms with Gasteiger partial charge in [-0.3, -0.25) is 0 Å². The molecule has 0 spiro atoms. The van der Waals surface area contributed by atoms with E-state index in [0.717, 1.165) is 16.4 Å². The zero-order valence-electron chi connectivity index (χ0n) is 9.75. The zero-order valence-corrected chi connectivity index (χ0v) is 10.6. The van der Waals surface area contributed by atoms with E-state index in [1.807, 2.05) is 0 Å². The maximum absolute atomic E-state index is 12.7. The van der Waals surface area contributed by atoms with Crippen molar-refractivity contribution in [1.29, 1.82) is 0 Å². The van der Waals surface area contributed by atoms with E-state index in [2.05, 4.69) is 5.16 Å². The lowest BCUT2D eigenvalue weighted by molar-refractivity contribution is 0.316. The van der Waals surface area contributed by atoms with E-state index in [9.17, 15) is 12.8 Å². The molecule has 0 bridgehead atoms. The van der Waals surface area contributed by atoms with Gasteiger partial charge in [0.15, 0.2) is 0 Å². The number of oxime groups is 1. The van der Waals surface area contributed by atoms with Crippen LogP contribution >= 0.6 is 0 Å². The Morgan fingerprint density at radius 1 is 1.44 bits per heavy atom. The van der Waals surface area contributed by atoms with E-state index in [0.29, 0.717) is 0 Å². The zero-order chi connectivity index (χ0) is 13.8. The fourth-order valence-corrected chi connectivity index (χ4v) is 2.40. The molecule has 0 aliphatic carbocycles. The summed E-state index contributed by atoms with van der Waals surface area (Å²) in [5, 5.41) is 11.1. The first-order chi connectivity index (χ1) is 8.37. The van der Waals surface area contributed by atoms with Crippen LogP contribution in [0, 0.1) is 5.82 Å². The maximum atomic E-state index is 12.7. The van der Waals surface area contributed by atoms with Crippen LogP contribution in [0.4, 0.5) is 4.39 Å². The fraction of sp³-hybridized carbons (Fsp3) is 0.300. The number of hydrogen-bond donors (Lipinski definition) is 2. The van der Waals surface area contributed by atoms with Crippen LogP contribution in [0.5, 0.6) is 0 Å². The molecule has 0 amide bonds. The van der Waals surface area contributed by atoms with Crippen molar-refractivity contribution in [2.75, 3.05) is 13.6 Å². The molecule has 0 aliphatic rings. The van der Waals surface area contributed by atoms with Gasteiger partial charge in [-0.1, -0.05) is 5.16 Å². The highest BCUT2D eigenvalue weighted by Gasteiger charge is 2.20. The van der Waals surface area contributed by atoms with Crippen LogP contribution < -0.4 is 5.73 Å². The third-order valence-electron chi connectivity index (χ3n) is 2.33. The molecule has 0 saturated carbocycles. The summed E-state index contributed by atoms with van der Waals surface area (Å²) in [5.74, 6) is -0.565. The van der Waals surface area contributed by atoms with Crippen molar-refractivity contribution >= 4 is 15.9 Å². The molecule has 0 fully saturated rings. The maximum Gasteiger partial charge on any atom is 0.242 e. The lowest BCUT2D eigenvalue weighted by atomic mass is 10.4. The van der Waals surface area contributed by atoms with Gasteiger partial charge in [0.25, 0.3) is 0 Å². The van der Waals surface area contributed by atoms with Gasteiger partial charge in [0.2, 0.25) is 10.0 Å². The van der Waals surface area contributed by atoms with Crippen LogP contribution in [-0.2, 0) is 10.0 Å². The van der Waals surface area contributed by atoms with E-state index in [-0.39, 0.29) is 23.7 Å². The minimum Gasteiger partial charge on any atom is -0.409 e. The van der Waals surface area contributed by atoms with Crippen LogP contribution in [0.3, 0.4) is 0 Å². The second-order valence-electron chi connectivity index (χ2n) is 3.62. The Labute approximate surface area is 105 Å². The molecule has 1 aromatic rings. The summed E-state index contributed by atoms with van der Waals surface area (Å²) in [6.07, 6.45) is 0.105. The number of benzene rings is 1. The molecule has 18 heavy (non-hydrogen) atoms. The first-order valence-corrected chi connectivity index (χ1v) is 6.50. The quantitative estimate of drug-likeness (QED) is 0.355. The molecule has 0 unspecified atom stereocenters. The van der Waals surface area contributed by atoms with E-state index < -0.39 is 15.8 Å². The van der Waals surface area contributed by atoms with Crippen molar-refractivity contribution in [3.05, 3.63) is 30.1 Å². The number of hydrogen-bond acceptors (Lipinski definition) is 4. The molecule has 1 aromatic carbocycles. The molecule has 6 nitrogen and oxygen atoms in total. The van der Waals surface area contributed by atoms with Crippen molar-refractivity contribution in [2.24, 2.45) is 10.9 Å². The fourth-order valence-electron chi connectivity index (χ4n) is 1.23. The third-order valence-corrected chi connectivity index (χ3v) is 4.20. The average molecular weight is 275 g/mol. The van der Waals surface area contributed by atoms with Gasteiger partial charge in [-0.2, -0.15) is 0 Å². The molecule has 1 rings (SSSR count). The second-order valence-corrected chi connectivity index (χ2v) is 5.67. The molecule has 0 aromatic heterocycles. The molecular weight excluding hydrogens is 261 g/mol. The monoisotopic (exact) mass is 275 g/mol. The minimum absolute atomic E-state index is 0.00842. The van der Waals surface area contributed by atoms with Gasteiger partial charge in [0, 0.05) is 20.0 Å². The number of amidine groups is 1. The number of rotatable bonds is 5. The van der Waals surface area contributed by atoms with Crippen LogP contribution in [0.25, 0.3) is 0 Å². The van der Waals surface area contributed by atoms with Gasteiger partial charge in [-0.25, -0.2) is 17.1 Å². The van der Waals surface area contributed by atoms with Crippen molar-refractivity contribution in [3.63, 3.8) is 0 Å². The van der Waals surface area contributed by atoms with Crippen molar-refractivity contribution in [1.82, 2.24) is 4.31 Å². The summed E-state index contributed by atoms with van der Waals surface area (Å²) in [4.78, 5) is -0.00842. The van der Waals surface area contributed by atoms with Gasteiger partial charge in [0.05, 0.1) is 4.90 Å². The van der Waals surface area contributed by atoms with Gasteiger partial charge >= 0.3 is 0 Å². The summed E-state index contributed by atoms with van der Waals surface area (Å²) in [6.45, 7) is 0.0651. The predicted octanol–water partition coefficient (Wildman–Crippen LogP) is 0.583. The van der Waals surface area contributed by atoms with E-state index in [1.54, 1.807) is 0 Å². The van der Waals surface area contributed by atoms with Crippen LogP contribution in [-0.4, -0.2) is 37.4 Å².